The SMILES string of the molecule is CCOc1ccc(CCNC(=O)c2cccs2)cc1OC. The molecule has 1 amide bonds. The fraction of sp³-hybridized carbons (Fsp3) is 0.312. The Balaban J connectivity index is 1.90. The Hall–Kier alpha value is -2.01. The minimum absolute atomic E-state index is 0.0251. The lowest BCUT2D eigenvalue weighted by Crippen LogP contribution is -2.24. The summed E-state index contributed by atoms with van der Waals surface area (Å²) < 4.78 is 10.8. The van der Waals surface area contributed by atoms with Crippen LogP contribution in [0, 0.1) is 0 Å². The molecule has 4 nitrogen and oxygen atoms in total. The molecule has 2 rings (SSSR count). The molecule has 2 aromatic rings. The third-order valence-corrected chi connectivity index (χ3v) is 3.84. The van der Waals surface area contributed by atoms with E-state index in [0.717, 1.165) is 28.4 Å². The fourth-order valence-electron chi connectivity index (χ4n) is 1.96. The van der Waals surface area contributed by atoms with Crippen LogP contribution in [0.3, 0.4) is 0 Å². The number of hydrogen-bond donors (Lipinski definition) is 1. The number of amides is 1. The lowest BCUT2D eigenvalue weighted by atomic mass is 10.1. The number of ether oxygens (including phenoxy) is 2. The number of nitrogens with one attached hydrogen (secondary N) is 1. The van der Waals surface area contributed by atoms with E-state index >= 15 is 0 Å². The first-order chi connectivity index (χ1) is 10.2. The van der Waals surface area contributed by atoms with Crippen molar-refractivity contribution in [3.05, 3.63) is 46.2 Å². The van der Waals surface area contributed by atoms with E-state index < -0.39 is 0 Å². The summed E-state index contributed by atoms with van der Waals surface area (Å²) in [6.45, 7) is 3.13. The van der Waals surface area contributed by atoms with E-state index in [0.29, 0.717) is 13.2 Å². The van der Waals surface area contributed by atoms with E-state index in [-0.39, 0.29) is 5.91 Å². The van der Waals surface area contributed by atoms with Crippen molar-refractivity contribution >= 4 is 17.2 Å². The normalized spacial score (nSPS) is 10.2. The van der Waals surface area contributed by atoms with Crippen molar-refractivity contribution in [1.82, 2.24) is 5.32 Å². The van der Waals surface area contributed by atoms with Crippen LogP contribution in [0.15, 0.2) is 35.7 Å². The molecule has 0 saturated heterocycles. The molecular formula is C16H19NO3S. The Labute approximate surface area is 128 Å². The Morgan fingerprint density at radius 1 is 1.29 bits per heavy atom. The topological polar surface area (TPSA) is 47.6 Å². The van der Waals surface area contributed by atoms with Gasteiger partial charge in [-0.2, -0.15) is 0 Å². The molecule has 0 fully saturated rings. The molecule has 1 heterocycles. The van der Waals surface area contributed by atoms with Gasteiger partial charge in [-0.15, -0.1) is 11.3 Å². The van der Waals surface area contributed by atoms with Gasteiger partial charge >= 0.3 is 0 Å². The average molecular weight is 305 g/mol. The molecule has 0 aliphatic heterocycles. The Kier molecular flexibility index (Phi) is 5.63. The molecule has 0 aliphatic rings. The van der Waals surface area contributed by atoms with Crippen molar-refractivity contribution in [2.75, 3.05) is 20.3 Å². The third-order valence-electron chi connectivity index (χ3n) is 2.97. The summed E-state index contributed by atoms with van der Waals surface area (Å²) in [7, 11) is 1.63. The zero-order chi connectivity index (χ0) is 15.1. The van der Waals surface area contributed by atoms with Crippen LogP contribution < -0.4 is 14.8 Å². The highest BCUT2D eigenvalue weighted by atomic mass is 32.1. The van der Waals surface area contributed by atoms with Crippen molar-refractivity contribution in [2.45, 2.75) is 13.3 Å². The molecule has 0 unspecified atom stereocenters. The summed E-state index contributed by atoms with van der Waals surface area (Å²) in [5.41, 5.74) is 1.10. The summed E-state index contributed by atoms with van der Waals surface area (Å²) in [6.07, 6.45) is 0.750. The van der Waals surface area contributed by atoms with Crippen LogP contribution in [0.25, 0.3) is 0 Å². The summed E-state index contributed by atoms with van der Waals surface area (Å²) in [5, 5.41) is 4.81. The van der Waals surface area contributed by atoms with E-state index in [1.54, 1.807) is 7.11 Å². The van der Waals surface area contributed by atoms with Crippen molar-refractivity contribution in [3.63, 3.8) is 0 Å². The van der Waals surface area contributed by atoms with Crippen molar-refractivity contribution in [3.8, 4) is 11.5 Å². The lowest BCUT2D eigenvalue weighted by Gasteiger charge is -2.11. The van der Waals surface area contributed by atoms with Gasteiger partial charge in [-0.05, 0) is 42.5 Å². The van der Waals surface area contributed by atoms with Gasteiger partial charge in [-0.25, -0.2) is 0 Å². The number of methoxy groups -OCH3 is 1. The highest BCUT2D eigenvalue weighted by molar-refractivity contribution is 7.12. The van der Waals surface area contributed by atoms with Crippen LogP contribution in [0.5, 0.6) is 11.5 Å². The minimum Gasteiger partial charge on any atom is -0.493 e. The monoisotopic (exact) mass is 305 g/mol. The van der Waals surface area contributed by atoms with E-state index in [9.17, 15) is 4.79 Å². The lowest BCUT2D eigenvalue weighted by molar-refractivity contribution is 0.0958. The van der Waals surface area contributed by atoms with E-state index in [1.165, 1.54) is 11.3 Å². The summed E-state index contributed by atoms with van der Waals surface area (Å²) >= 11 is 1.44. The van der Waals surface area contributed by atoms with Crippen LogP contribution in [-0.2, 0) is 6.42 Å². The van der Waals surface area contributed by atoms with Crippen molar-refractivity contribution in [1.29, 1.82) is 0 Å². The quantitative estimate of drug-likeness (QED) is 0.855. The summed E-state index contributed by atoms with van der Waals surface area (Å²) in [4.78, 5) is 12.5. The number of benzene rings is 1. The van der Waals surface area contributed by atoms with E-state index in [2.05, 4.69) is 5.32 Å². The molecular weight excluding hydrogens is 286 g/mol. The molecule has 1 aromatic heterocycles. The summed E-state index contributed by atoms with van der Waals surface area (Å²) in [6, 6.07) is 9.53. The molecule has 0 bridgehead atoms. The molecule has 21 heavy (non-hydrogen) atoms. The van der Waals surface area contributed by atoms with Crippen LogP contribution in [0.2, 0.25) is 0 Å². The predicted molar refractivity (Wildman–Crippen MR) is 84.5 cm³/mol. The molecule has 1 aromatic carbocycles. The van der Waals surface area contributed by atoms with Gasteiger partial charge in [0.05, 0.1) is 18.6 Å². The van der Waals surface area contributed by atoms with Crippen LogP contribution in [0.4, 0.5) is 0 Å². The number of carbonyl (C=O) groups is 1. The van der Waals surface area contributed by atoms with Crippen LogP contribution >= 0.6 is 11.3 Å². The Bertz CT molecular complexity index is 581. The van der Waals surface area contributed by atoms with E-state index in [1.807, 2.05) is 42.6 Å². The van der Waals surface area contributed by atoms with Gasteiger partial charge in [0.15, 0.2) is 11.5 Å². The minimum atomic E-state index is -0.0251. The summed E-state index contributed by atoms with van der Waals surface area (Å²) in [5.74, 6) is 1.44. The van der Waals surface area contributed by atoms with E-state index in [4.69, 9.17) is 9.47 Å². The van der Waals surface area contributed by atoms with Crippen LogP contribution in [-0.4, -0.2) is 26.2 Å². The number of thiophene rings is 1. The van der Waals surface area contributed by atoms with Crippen molar-refractivity contribution < 1.29 is 14.3 Å². The predicted octanol–water partition coefficient (Wildman–Crippen LogP) is 3.13. The molecule has 1 N–H and O–H groups in total. The molecule has 0 spiro atoms. The first-order valence-corrected chi connectivity index (χ1v) is 7.74. The smallest absolute Gasteiger partial charge is 0.261 e. The van der Waals surface area contributed by atoms with Gasteiger partial charge in [0.25, 0.3) is 5.91 Å². The molecule has 5 heteroatoms. The average Bonchev–Trinajstić information content (AvgIpc) is 3.03. The first-order valence-electron chi connectivity index (χ1n) is 6.86. The fourth-order valence-corrected chi connectivity index (χ4v) is 2.60. The molecule has 0 atom stereocenters. The zero-order valence-corrected chi connectivity index (χ0v) is 13.0. The largest absolute Gasteiger partial charge is 0.493 e. The maximum absolute atomic E-state index is 11.8. The highest BCUT2D eigenvalue weighted by Gasteiger charge is 2.07. The standard InChI is InChI=1S/C16H19NO3S/c1-3-20-13-7-6-12(11-14(13)19-2)8-9-17-16(18)15-5-4-10-21-15/h4-7,10-11H,3,8-9H2,1-2H3,(H,17,18). The molecule has 0 aliphatic carbocycles. The molecule has 0 saturated carbocycles. The third kappa shape index (κ3) is 4.23. The molecule has 0 radical (unpaired) electrons. The van der Waals surface area contributed by atoms with Gasteiger partial charge in [0.1, 0.15) is 0 Å². The van der Waals surface area contributed by atoms with Gasteiger partial charge in [-0.1, -0.05) is 12.1 Å². The zero-order valence-electron chi connectivity index (χ0n) is 12.2. The van der Waals surface area contributed by atoms with Crippen molar-refractivity contribution in [2.24, 2.45) is 0 Å². The maximum atomic E-state index is 11.8. The van der Waals surface area contributed by atoms with Gasteiger partial charge in [-0.3, -0.25) is 4.79 Å². The highest BCUT2D eigenvalue weighted by Crippen LogP contribution is 2.28. The Morgan fingerprint density at radius 3 is 2.81 bits per heavy atom. The maximum Gasteiger partial charge on any atom is 0.261 e. The number of rotatable bonds is 7. The first kappa shape index (κ1) is 15.4. The second-order valence-corrected chi connectivity index (χ2v) is 5.35. The molecule has 112 valence electrons. The second kappa shape index (κ2) is 7.69. The second-order valence-electron chi connectivity index (χ2n) is 4.40. The van der Waals surface area contributed by atoms with Gasteiger partial charge in [0, 0.05) is 6.54 Å². The Morgan fingerprint density at radius 2 is 2.14 bits per heavy atom. The van der Waals surface area contributed by atoms with Gasteiger partial charge < -0.3 is 14.8 Å². The number of carbonyl (C=O) groups excluding carboxylic acids is 1. The van der Waals surface area contributed by atoms with Crippen LogP contribution in [0.1, 0.15) is 22.2 Å². The van der Waals surface area contributed by atoms with Gasteiger partial charge in [0.2, 0.25) is 0 Å². The number of hydrogen-bond acceptors (Lipinski definition) is 4.